The van der Waals surface area contributed by atoms with Crippen LogP contribution in [0.4, 0.5) is 0 Å². The molecule has 1 N–H and O–H groups in total. The number of carbonyl (C=O) groups is 1. The van der Waals surface area contributed by atoms with Crippen molar-refractivity contribution in [3.63, 3.8) is 0 Å². The highest BCUT2D eigenvalue weighted by Crippen LogP contribution is 2.25. The largest absolute Gasteiger partial charge is 0.457 e. The summed E-state index contributed by atoms with van der Waals surface area (Å²) in [5.74, 6) is -0.622. The second kappa shape index (κ2) is 6.81. The van der Waals surface area contributed by atoms with Crippen molar-refractivity contribution in [3.05, 3.63) is 0 Å². The predicted molar refractivity (Wildman–Crippen MR) is 67.0 cm³/mol. The molecular formula is C9H19O8PS. The molecule has 0 spiro atoms. The zero-order valence-corrected chi connectivity index (χ0v) is 13.2. The Morgan fingerprint density at radius 2 is 1.79 bits per heavy atom. The van der Waals surface area contributed by atoms with E-state index in [0.29, 0.717) is 0 Å². The molecule has 0 heterocycles. The van der Waals surface area contributed by atoms with Crippen LogP contribution in [0.15, 0.2) is 0 Å². The first-order chi connectivity index (χ1) is 8.33. The van der Waals surface area contributed by atoms with E-state index in [1.165, 1.54) is 6.92 Å². The van der Waals surface area contributed by atoms with Crippen molar-refractivity contribution < 1.29 is 36.1 Å². The fourth-order valence-corrected chi connectivity index (χ4v) is 1.92. The lowest BCUT2D eigenvalue weighted by molar-refractivity contribution is -0.172. The van der Waals surface area contributed by atoms with Gasteiger partial charge in [-0.05, 0) is 27.7 Å². The first-order valence-corrected chi connectivity index (χ1v) is 8.40. The van der Waals surface area contributed by atoms with Crippen LogP contribution in [0.5, 0.6) is 0 Å². The fraction of sp³-hybridized carbons (Fsp3) is 0.889. The molecule has 0 aliphatic heterocycles. The molecule has 0 aliphatic carbocycles. The van der Waals surface area contributed by atoms with Gasteiger partial charge in [-0.3, -0.25) is 13.9 Å². The number of ether oxygens (including phenoxy) is 1. The van der Waals surface area contributed by atoms with Crippen LogP contribution in [0.2, 0.25) is 0 Å². The van der Waals surface area contributed by atoms with Gasteiger partial charge in [-0.1, -0.05) is 0 Å². The molecule has 8 nitrogen and oxygen atoms in total. The average molecular weight is 318 g/mol. The Labute approximate surface area is 113 Å². The molecule has 19 heavy (non-hydrogen) atoms. The average Bonchev–Trinajstić information content (AvgIpc) is 2.11. The number of carbonyl (C=O) groups excluding carboxylic acids is 1. The first-order valence-electron chi connectivity index (χ1n) is 5.32. The van der Waals surface area contributed by atoms with Gasteiger partial charge in [-0.15, -0.1) is 0 Å². The maximum Gasteiger partial charge on any atom is 0.319 e. The van der Waals surface area contributed by atoms with E-state index in [0.717, 1.165) is 6.26 Å². The van der Waals surface area contributed by atoms with E-state index in [2.05, 4.69) is 8.71 Å². The van der Waals surface area contributed by atoms with Crippen LogP contribution in [0.1, 0.15) is 27.7 Å². The van der Waals surface area contributed by atoms with Gasteiger partial charge < -0.3 is 9.63 Å². The van der Waals surface area contributed by atoms with Crippen molar-refractivity contribution in [2.75, 3.05) is 6.26 Å². The normalized spacial score (nSPS) is 17.6. The van der Waals surface area contributed by atoms with Crippen LogP contribution < -0.4 is 0 Å². The smallest absolute Gasteiger partial charge is 0.319 e. The summed E-state index contributed by atoms with van der Waals surface area (Å²) < 4.78 is 46.4. The number of rotatable bonds is 6. The maximum atomic E-state index is 11.6. The molecule has 3 atom stereocenters. The summed E-state index contributed by atoms with van der Waals surface area (Å²) >= 11 is 0. The predicted octanol–water partition coefficient (Wildman–Crippen LogP) is 0.665. The highest BCUT2D eigenvalue weighted by molar-refractivity contribution is 7.86. The molecule has 0 aromatic heterocycles. The third-order valence-electron chi connectivity index (χ3n) is 1.78. The third-order valence-corrected chi connectivity index (χ3v) is 2.75. The third kappa shape index (κ3) is 8.33. The topological polar surface area (TPSA) is 116 Å². The van der Waals surface area contributed by atoms with Gasteiger partial charge >= 0.3 is 14.2 Å². The molecule has 0 aromatic carbocycles. The Balaban J connectivity index is 4.86. The summed E-state index contributed by atoms with van der Waals surface area (Å²) in [6, 6.07) is 0. The van der Waals surface area contributed by atoms with E-state index in [9.17, 15) is 17.8 Å². The van der Waals surface area contributed by atoms with Crippen LogP contribution in [-0.4, -0.2) is 37.9 Å². The fourth-order valence-electron chi connectivity index (χ4n) is 0.867. The van der Waals surface area contributed by atoms with Gasteiger partial charge in [0.15, 0.2) is 6.10 Å². The first kappa shape index (κ1) is 18.5. The molecule has 0 aromatic rings. The van der Waals surface area contributed by atoms with E-state index < -0.39 is 42.2 Å². The summed E-state index contributed by atoms with van der Waals surface area (Å²) in [4.78, 5) is 20.3. The van der Waals surface area contributed by atoms with Crippen molar-refractivity contribution >= 4 is 24.3 Å². The Hall–Kier alpha value is -0.470. The van der Waals surface area contributed by atoms with Crippen LogP contribution in [0.3, 0.4) is 0 Å². The molecule has 0 saturated carbocycles. The summed E-state index contributed by atoms with van der Waals surface area (Å²) in [7, 11) is -7.39. The Kier molecular flexibility index (Phi) is 6.64. The molecule has 0 radical (unpaired) electrons. The van der Waals surface area contributed by atoms with Gasteiger partial charge in [0.05, 0.1) is 11.7 Å². The second-order valence-electron chi connectivity index (χ2n) is 4.91. The molecule has 0 fully saturated rings. The quantitative estimate of drug-likeness (QED) is 0.329. The van der Waals surface area contributed by atoms with Crippen LogP contribution in [-0.2, 0) is 32.9 Å². The molecule has 0 aliphatic rings. The van der Waals surface area contributed by atoms with E-state index in [4.69, 9.17) is 9.63 Å². The van der Waals surface area contributed by atoms with Gasteiger partial charge in [-0.2, -0.15) is 8.42 Å². The highest BCUT2D eigenvalue weighted by Gasteiger charge is 2.32. The van der Waals surface area contributed by atoms with E-state index >= 15 is 0 Å². The van der Waals surface area contributed by atoms with Crippen molar-refractivity contribution in [2.45, 2.75) is 40.1 Å². The summed E-state index contributed by atoms with van der Waals surface area (Å²) in [6.07, 6.45) is -2.09. The van der Waals surface area contributed by atoms with Gasteiger partial charge in [0.1, 0.15) is 0 Å². The van der Waals surface area contributed by atoms with E-state index in [1.807, 2.05) is 0 Å². The van der Waals surface area contributed by atoms with Crippen molar-refractivity contribution in [2.24, 2.45) is 5.41 Å². The van der Waals surface area contributed by atoms with Gasteiger partial charge in [0.2, 0.25) is 6.29 Å². The second-order valence-corrected chi connectivity index (χ2v) is 7.28. The molecule has 0 bridgehead atoms. The lowest BCUT2D eigenvalue weighted by Crippen LogP contribution is -2.36. The maximum absolute atomic E-state index is 11.6. The molecule has 10 heteroatoms. The highest BCUT2D eigenvalue weighted by atomic mass is 32.2. The minimum Gasteiger partial charge on any atom is -0.457 e. The number of hydrogen-bond acceptors (Lipinski definition) is 7. The lowest BCUT2D eigenvalue weighted by Gasteiger charge is -2.25. The summed E-state index contributed by atoms with van der Waals surface area (Å²) in [6.45, 7) is 6.10. The standard InChI is InChI=1S/C9H19O8PS/c1-6(15-8(10)9(2,3)4)7(16-18(11)12)17-19(5,13)14/h6-7,18H,1-5H3,(H,11,12)/t6-,7-/m0/s1. The Bertz CT molecular complexity index is 438. The summed E-state index contributed by atoms with van der Waals surface area (Å²) in [5, 5.41) is 0. The SMILES string of the molecule is C[C@H](OC(=O)C(C)(C)C)[C@@H](O[PH](=O)O)OS(C)(=O)=O. The van der Waals surface area contributed by atoms with Crippen molar-refractivity contribution in [1.29, 1.82) is 0 Å². The Morgan fingerprint density at radius 1 is 1.32 bits per heavy atom. The number of hydrogen-bond donors (Lipinski definition) is 1. The van der Waals surface area contributed by atoms with Crippen LogP contribution in [0, 0.1) is 5.41 Å². The van der Waals surface area contributed by atoms with E-state index in [1.54, 1.807) is 20.8 Å². The molecular weight excluding hydrogens is 299 g/mol. The monoisotopic (exact) mass is 318 g/mol. The zero-order valence-electron chi connectivity index (χ0n) is 11.4. The molecule has 1 unspecified atom stereocenters. The molecule has 0 rings (SSSR count). The minimum atomic E-state index is -3.94. The molecule has 114 valence electrons. The zero-order chi connectivity index (χ0) is 15.4. The van der Waals surface area contributed by atoms with Crippen molar-refractivity contribution in [1.82, 2.24) is 0 Å². The molecule has 0 saturated heterocycles. The minimum absolute atomic E-state index is 0.622. The molecule has 0 amide bonds. The van der Waals surface area contributed by atoms with Gasteiger partial charge in [0.25, 0.3) is 10.1 Å². The van der Waals surface area contributed by atoms with Gasteiger partial charge in [0, 0.05) is 0 Å². The number of esters is 1. The van der Waals surface area contributed by atoms with Crippen LogP contribution >= 0.6 is 8.25 Å². The summed E-state index contributed by atoms with van der Waals surface area (Å²) in [5.41, 5.74) is -0.811. The van der Waals surface area contributed by atoms with Crippen molar-refractivity contribution in [3.8, 4) is 0 Å². The van der Waals surface area contributed by atoms with E-state index in [-0.39, 0.29) is 0 Å². The van der Waals surface area contributed by atoms with Gasteiger partial charge in [-0.25, -0.2) is 4.18 Å². The van der Waals surface area contributed by atoms with Crippen LogP contribution in [0.25, 0.3) is 0 Å². The lowest BCUT2D eigenvalue weighted by atomic mass is 9.97. The Morgan fingerprint density at radius 3 is 2.11 bits per heavy atom.